The molecule has 1 aromatic heterocycles. The normalized spacial score (nSPS) is 19.7. The maximum atomic E-state index is 8.60. The van der Waals surface area contributed by atoms with Crippen LogP contribution >= 0.6 is 0 Å². The van der Waals surface area contributed by atoms with Crippen LogP contribution in [0.5, 0.6) is 0 Å². The average molecular weight is 214 g/mol. The highest BCUT2D eigenvalue weighted by Gasteiger charge is 2.25. The van der Waals surface area contributed by atoms with E-state index < -0.39 is 0 Å². The number of hydrogen-bond donors (Lipinski definition) is 1. The van der Waals surface area contributed by atoms with E-state index in [1.165, 1.54) is 12.4 Å². The highest BCUT2D eigenvalue weighted by Crippen LogP contribution is 2.18. The summed E-state index contributed by atoms with van der Waals surface area (Å²) in [5.41, 5.74) is 6.78. The van der Waals surface area contributed by atoms with Crippen molar-refractivity contribution in [2.75, 3.05) is 6.61 Å². The Balaban J connectivity index is 2.08. The van der Waals surface area contributed by atoms with E-state index in [1.807, 2.05) is 6.07 Å². The maximum Gasteiger partial charge on any atom is 0.151 e. The molecule has 0 bridgehead atoms. The summed E-state index contributed by atoms with van der Waals surface area (Å²) in [7, 11) is 0. The summed E-state index contributed by atoms with van der Waals surface area (Å²) in [5.74, 6) is 0.541. The molecular formula is C11H10N4O. The monoisotopic (exact) mass is 214 g/mol. The van der Waals surface area contributed by atoms with Crippen LogP contribution in [0.2, 0.25) is 0 Å². The summed E-state index contributed by atoms with van der Waals surface area (Å²) in [6, 6.07) is 5.34. The number of aromatic nitrogens is 1. The topological polar surface area (TPSA) is 87.6 Å². The SMILES string of the molecule is N#Cc1ccc(N=CC(=CN)C2CO2)nc1. The van der Waals surface area contributed by atoms with Crippen molar-refractivity contribution < 1.29 is 4.74 Å². The van der Waals surface area contributed by atoms with Crippen LogP contribution in [0.15, 0.2) is 35.1 Å². The van der Waals surface area contributed by atoms with Gasteiger partial charge in [0.1, 0.15) is 12.2 Å². The molecule has 1 unspecified atom stereocenters. The Morgan fingerprint density at radius 2 is 2.50 bits per heavy atom. The molecule has 0 aromatic carbocycles. The standard InChI is InChI=1S/C11H10N4O/c12-3-8-1-2-11(14-5-8)15-6-9(4-13)10-7-16-10/h1-2,4-6,10H,7,13H2. The quantitative estimate of drug-likeness (QED) is 0.598. The summed E-state index contributed by atoms with van der Waals surface area (Å²) >= 11 is 0. The van der Waals surface area contributed by atoms with Gasteiger partial charge in [-0.1, -0.05) is 0 Å². The van der Waals surface area contributed by atoms with Gasteiger partial charge in [0.2, 0.25) is 0 Å². The van der Waals surface area contributed by atoms with Crippen LogP contribution in [-0.2, 0) is 4.74 Å². The van der Waals surface area contributed by atoms with Crippen molar-refractivity contribution >= 4 is 12.0 Å². The number of pyridine rings is 1. The molecule has 80 valence electrons. The molecule has 0 spiro atoms. The van der Waals surface area contributed by atoms with Crippen molar-refractivity contribution in [3.05, 3.63) is 35.7 Å². The number of nitriles is 1. The molecule has 0 amide bonds. The van der Waals surface area contributed by atoms with E-state index in [-0.39, 0.29) is 6.10 Å². The molecule has 1 atom stereocenters. The van der Waals surface area contributed by atoms with Crippen LogP contribution in [0, 0.1) is 11.3 Å². The van der Waals surface area contributed by atoms with Gasteiger partial charge in [-0.25, -0.2) is 9.98 Å². The van der Waals surface area contributed by atoms with E-state index in [9.17, 15) is 0 Å². The second kappa shape index (κ2) is 4.55. The van der Waals surface area contributed by atoms with Gasteiger partial charge < -0.3 is 10.5 Å². The minimum atomic E-state index is 0.0760. The van der Waals surface area contributed by atoms with E-state index in [1.54, 1.807) is 18.3 Å². The van der Waals surface area contributed by atoms with E-state index in [4.69, 9.17) is 15.7 Å². The molecule has 1 aliphatic heterocycles. The third-order valence-corrected chi connectivity index (χ3v) is 2.12. The molecule has 0 radical (unpaired) electrons. The zero-order valence-electron chi connectivity index (χ0n) is 8.50. The Hall–Kier alpha value is -2.19. The predicted octanol–water partition coefficient (Wildman–Crippen LogP) is 0.897. The number of hydrogen-bond acceptors (Lipinski definition) is 5. The summed E-state index contributed by atoms with van der Waals surface area (Å²) in [6.45, 7) is 0.690. The van der Waals surface area contributed by atoms with Crippen LogP contribution in [0.1, 0.15) is 5.56 Å². The second-order valence-corrected chi connectivity index (χ2v) is 3.26. The Morgan fingerprint density at radius 3 is 3.00 bits per heavy atom. The van der Waals surface area contributed by atoms with Gasteiger partial charge in [-0.05, 0) is 12.1 Å². The first-order chi connectivity index (χ1) is 7.83. The van der Waals surface area contributed by atoms with Gasteiger partial charge in [0.25, 0.3) is 0 Å². The van der Waals surface area contributed by atoms with Gasteiger partial charge in [-0.2, -0.15) is 5.26 Å². The molecule has 2 heterocycles. The number of nitrogens with zero attached hydrogens (tertiary/aromatic N) is 3. The smallest absolute Gasteiger partial charge is 0.151 e. The van der Waals surface area contributed by atoms with E-state index in [0.29, 0.717) is 18.0 Å². The molecule has 2 rings (SSSR count). The van der Waals surface area contributed by atoms with Gasteiger partial charge in [0, 0.05) is 24.2 Å². The van der Waals surface area contributed by atoms with Crippen LogP contribution in [0.3, 0.4) is 0 Å². The molecule has 0 aliphatic carbocycles. The van der Waals surface area contributed by atoms with Crippen molar-refractivity contribution in [1.29, 1.82) is 5.26 Å². The van der Waals surface area contributed by atoms with Crippen molar-refractivity contribution in [2.24, 2.45) is 10.7 Å². The lowest BCUT2D eigenvalue weighted by Crippen LogP contribution is -1.98. The van der Waals surface area contributed by atoms with Crippen LogP contribution in [0.25, 0.3) is 0 Å². The van der Waals surface area contributed by atoms with Gasteiger partial charge >= 0.3 is 0 Å². The van der Waals surface area contributed by atoms with E-state index in [2.05, 4.69) is 9.98 Å². The van der Waals surface area contributed by atoms with Gasteiger partial charge in [-0.15, -0.1) is 0 Å². The summed E-state index contributed by atoms with van der Waals surface area (Å²) in [6.07, 6.45) is 4.66. The lowest BCUT2D eigenvalue weighted by atomic mass is 10.2. The third-order valence-electron chi connectivity index (χ3n) is 2.12. The molecule has 1 aliphatic rings. The fourth-order valence-electron chi connectivity index (χ4n) is 1.14. The molecule has 0 saturated carbocycles. The molecular weight excluding hydrogens is 204 g/mol. The number of aliphatic imine (C=N–C) groups is 1. The second-order valence-electron chi connectivity index (χ2n) is 3.26. The fourth-order valence-corrected chi connectivity index (χ4v) is 1.14. The number of nitrogens with two attached hydrogens (primary N) is 1. The first kappa shape index (κ1) is 10.3. The number of epoxide rings is 1. The first-order valence-corrected chi connectivity index (χ1v) is 4.77. The molecule has 1 saturated heterocycles. The first-order valence-electron chi connectivity index (χ1n) is 4.77. The van der Waals surface area contributed by atoms with Crippen molar-refractivity contribution in [2.45, 2.75) is 6.10 Å². The van der Waals surface area contributed by atoms with Crippen molar-refractivity contribution in [3.63, 3.8) is 0 Å². The molecule has 1 fully saturated rings. The van der Waals surface area contributed by atoms with E-state index >= 15 is 0 Å². The minimum absolute atomic E-state index is 0.0760. The van der Waals surface area contributed by atoms with Crippen molar-refractivity contribution in [1.82, 2.24) is 4.98 Å². The highest BCUT2D eigenvalue weighted by molar-refractivity contribution is 5.82. The lowest BCUT2D eigenvalue weighted by molar-refractivity contribution is 0.436. The molecule has 5 heteroatoms. The average Bonchev–Trinajstić information content (AvgIpc) is 3.15. The Kier molecular flexibility index (Phi) is 2.94. The number of rotatable bonds is 3. The predicted molar refractivity (Wildman–Crippen MR) is 59.1 cm³/mol. The Morgan fingerprint density at radius 1 is 1.69 bits per heavy atom. The third kappa shape index (κ3) is 2.43. The van der Waals surface area contributed by atoms with Crippen molar-refractivity contribution in [3.8, 4) is 6.07 Å². The van der Waals surface area contributed by atoms with E-state index in [0.717, 1.165) is 5.57 Å². The zero-order valence-corrected chi connectivity index (χ0v) is 8.50. The Bertz CT molecular complexity index is 466. The lowest BCUT2D eigenvalue weighted by Gasteiger charge is -1.94. The molecule has 5 nitrogen and oxygen atoms in total. The summed E-state index contributed by atoms with van der Waals surface area (Å²) < 4.78 is 5.08. The summed E-state index contributed by atoms with van der Waals surface area (Å²) in [4.78, 5) is 8.15. The maximum absolute atomic E-state index is 8.60. The van der Waals surface area contributed by atoms with Gasteiger partial charge in [-0.3, -0.25) is 0 Å². The largest absolute Gasteiger partial charge is 0.404 e. The summed E-state index contributed by atoms with van der Waals surface area (Å²) in [5, 5.41) is 8.60. The number of ether oxygens (including phenoxy) is 1. The van der Waals surface area contributed by atoms with Crippen LogP contribution in [0.4, 0.5) is 5.82 Å². The minimum Gasteiger partial charge on any atom is -0.404 e. The van der Waals surface area contributed by atoms with Gasteiger partial charge in [0.15, 0.2) is 5.82 Å². The Labute approximate surface area is 92.9 Å². The zero-order chi connectivity index (χ0) is 11.4. The molecule has 1 aromatic rings. The fraction of sp³-hybridized carbons (Fsp3) is 0.182. The van der Waals surface area contributed by atoms with Crippen LogP contribution in [-0.4, -0.2) is 23.9 Å². The highest BCUT2D eigenvalue weighted by atomic mass is 16.6. The van der Waals surface area contributed by atoms with Gasteiger partial charge in [0.05, 0.1) is 12.2 Å². The molecule has 16 heavy (non-hydrogen) atoms. The van der Waals surface area contributed by atoms with Crippen LogP contribution < -0.4 is 5.73 Å². The molecule has 2 N–H and O–H groups in total.